The van der Waals surface area contributed by atoms with Crippen molar-refractivity contribution in [3.05, 3.63) is 70.5 Å². The lowest BCUT2D eigenvalue weighted by Gasteiger charge is -2.17. The van der Waals surface area contributed by atoms with Gasteiger partial charge in [-0.3, -0.25) is 9.69 Å². The van der Waals surface area contributed by atoms with Gasteiger partial charge in [-0.2, -0.15) is 4.99 Å². The van der Waals surface area contributed by atoms with Gasteiger partial charge in [-0.1, -0.05) is 48.0 Å². The third-order valence-corrected chi connectivity index (χ3v) is 4.86. The molecular weight excluding hydrogens is 355 g/mol. The molecule has 1 amide bonds. The number of nitrogens with two attached hydrogens (primary N) is 2. The zero-order chi connectivity index (χ0) is 18.7. The number of carbonyl (C=O) groups excluding carboxylic acids is 1. The largest absolute Gasteiger partial charge is 0.370 e. The first-order chi connectivity index (χ1) is 12.4. The highest BCUT2D eigenvalue weighted by Crippen LogP contribution is 2.35. The molecule has 1 heterocycles. The molecule has 0 spiro atoms. The van der Waals surface area contributed by atoms with Gasteiger partial charge in [0.25, 0.3) is 5.91 Å². The molecular formula is C19H20ClFN4O. The van der Waals surface area contributed by atoms with E-state index in [1.54, 1.807) is 12.1 Å². The average Bonchev–Trinajstić information content (AvgIpc) is 3.01. The highest BCUT2D eigenvalue weighted by Gasteiger charge is 2.38. The van der Waals surface area contributed by atoms with Crippen LogP contribution in [0.5, 0.6) is 0 Å². The summed E-state index contributed by atoms with van der Waals surface area (Å²) < 4.78 is 13.5. The van der Waals surface area contributed by atoms with Gasteiger partial charge < -0.3 is 11.5 Å². The fourth-order valence-corrected chi connectivity index (χ4v) is 3.59. The van der Waals surface area contributed by atoms with Crippen LogP contribution in [0, 0.1) is 11.7 Å². The number of amides is 1. The summed E-state index contributed by atoms with van der Waals surface area (Å²) in [4.78, 5) is 18.4. The molecule has 0 bridgehead atoms. The number of likely N-dealkylation sites (tertiary alicyclic amines) is 1. The summed E-state index contributed by atoms with van der Waals surface area (Å²) in [6.45, 7) is 1.86. The van der Waals surface area contributed by atoms with Crippen LogP contribution in [0.25, 0.3) is 0 Å². The first-order valence-corrected chi connectivity index (χ1v) is 8.66. The van der Waals surface area contributed by atoms with Crippen LogP contribution in [-0.4, -0.2) is 29.9 Å². The molecule has 2 aromatic rings. The van der Waals surface area contributed by atoms with Gasteiger partial charge in [0.05, 0.1) is 10.9 Å². The molecule has 0 unspecified atom stereocenters. The Morgan fingerprint density at radius 3 is 2.58 bits per heavy atom. The summed E-state index contributed by atoms with van der Waals surface area (Å²) in [6.07, 6.45) is 0. The van der Waals surface area contributed by atoms with Crippen LogP contribution < -0.4 is 11.5 Å². The molecule has 1 aliphatic heterocycles. The zero-order valence-electron chi connectivity index (χ0n) is 14.1. The Hall–Kier alpha value is -2.44. The van der Waals surface area contributed by atoms with E-state index in [4.69, 9.17) is 23.1 Å². The van der Waals surface area contributed by atoms with E-state index in [1.807, 2.05) is 30.3 Å². The molecule has 1 saturated heterocycles. The van der Waals surface area contributed by atoms with E-state index in [2.05, 4.69) is 9.89 Å². The maximum Gasteiger partial charge on any atom is 0.253 e. The van der Waals surface area contributed by atoms with Gasteiger partial charge in [0.15, 0.2) is 5.96 Å². The van der Waals surface area contributed by atoms with E-state index < -0.39 is 11.7 Å². The summed E-state index contributed by atoms with van der Waals surface area (Å²) >= 11 is 5.93. The van der Waals surface area contributed by atoms with E-state index in [-0.39, 0.29) is 22.8 Å². The molecule has 1 aliphatic rings. The Morgan fingerprint density at radius 2 is 1.92 bits per heavy atom. The molecule has 136 valence electrons. The highest BCUT2D eigenvalue weighted by molar-refractivity contribution is 6.30. The first-order valence-electron chi connectivity index (χ1n) is 8.28. The van der Waals surface area contributed by atoms with Gasteiger partial charge in [0, 0.05) is 25.6 Å². The van der Waals surface area contributed by atoms with Crippen molar-refractivity contribution < 1.29 is 9.18 Å². The third-order valence-electron chi connectivity index (χ3n) is 4.57. The van der Waals surface area contributed by atoms with E-state index >= 15 is 0 Å². The maximum atomic E-state index is 13.5. The number of carbonyl (C=O) groups is 1. The van der Waals surface area contributed by atoms with Crippen molar-refractivity contribution in [2.24, 2.45) is 22.4 Å². The monoisotopic (exact) mass is 374 g/mol. The van der Waals surface area contributed by atoms with E-state index in [1.165, 1.54) is 6.07 Å². The summed E-state index contributed by atoms with van der Waals surface area (Å²) in [5.74, 6) is -1.69. The van der Waals surface area contributed by atoms with Crippen LogP contribution in [0.2, 0.25) is 5.02 Å². The van der Waals surface area contributed by atoms with E-state index in [0.717, 1.165) is 11.1 Å². The van der Waals surface area contributed by atoms with Crippen molar-refractivity contribution in [2.75, 3.05) is 13.1 Å². The fourth-order valence-electron chi connectivity index (χ4n) is 3.40. The zero-order valence-corrected chi connectivity index (χ0v) is 14.9. The topological polar surface area (TPSA) is 84.7 Å². The number of aliphatic imine (C=N–C) groups is 1. The number of rotatable bonds is 4. The van der Waals surface area contributed by atoms with Crippen LogP contribution >= 0.6 is 11.6 Å². The molecule has 26 heavy (non-hydrogen) atoms. The lowest BCUT2D eigenvalue weighted by Crippen LogP contribution is -2.28. The number of nitrogens with zero attached hydrogens (tertiary/aromatic N) is 2. The van der Waals surface area contributed by atoms with Crippen LogP contribution in [0.1, 0.15) is 17.0 Å². The Balaban J connectivity index is 1.86. The van der Waals surface area contributed by atoms with Crippen molar-refractivity contribution in [2.45, 2.75) is 12.5 Å². The molecule has 0 aliphatic carbocycles. The molecule has 1 fully saturated rings. The van der Waals surface area contributed by atoms with Gasteiger partial charge >= 0.3 is 0 Å². The molecule has 0 aromatic heterocycles. The molecule has 7 heteroatoms. The SMILES string of the molecule is NC(N)=NC(=O)[C@H]1CN(Cc2ccccc2)C[C@@H]1c1ccc(F)c(Cl)c1. The predicted octanol–water partition coefficient (Wildman–Crippen LogP) is 2.49. The summed E-state index contributed by atoms with van der Waals surface area (Å²) in [7, 11) is 0. The second-order valence-corrected chi connectivity index (χ2v) is 6.85. The summed E-state index contributed by atoms with van der Waals surface area (Å²) in [5.41, 5.74) is 12.7. The second kappa shape index (κ2) is 7.85. The smallest absolute Gasteiger partial charge is 0.253 e. The Morgan fingerprint density at radius 1 is 1.19 bits per heavy atom. The van der Waals surface area contributed by atoms with Crippen molar-refractivity contribution in [3.8, 4) is 0 Å². The van der Waals surface area contributed by atoms with Crippen molar-refractivity contribution in [3.63, 3.8) is 0 Å². The number of guanidine groups is 1. The number of hydrogen-bond acceptors (Lipinski definition) is 2. The number of benzene rings is 2. The summed E-state index contributed by atoms with van der Waals surface area (Å²) in [5, 5.41) is 0.0389. The Bertz CT molecular complexity index is 824. The van der Waals surface area contributed by atoms with Crippen LogP contribution in [0.3, 0.4) is 0 Å². The van der Waals surface area contributed by atoms with Crippen molar-refractivity contribution in [1.82, 2.24) is 4.90 Å². The molecule has 4 N–H and O–H groups in total. The van der Waals surface area contributed by atoms with Crippen LogP contribution in [-0.2, 0) is 11.3 Å². The highest BCUT2D eigenvalue weighted by atomic mass is 35.5. The predicted molar refractivity (Wildman–Crippen MR) is 100 cm³/mol. The third kappa shape index (κ3) is 4.20. The van der Waals surface area contributed by atoms with Gasteiger partial charge in [0.2, 0.25) is 0 Å². The lowest BCUT2D eigenvalue weighted by molar-refractivity contribution is -0.121. The van der Waals surface area contributed by atoms with Crippen molar-refractivity contribution >= 4 is 23.5 Å². The Labute approximate surface area is 156 Å². The fraction of sp³-hybridized carbons (Fsp3) is 0.263. The van der Waals surface area contributed by atoms with E-state index in [9.17, 15) is 9.18 Å². The molecule has 2 aromatic carbocycles. The first kappa shape index (κ1) is 18.4. The summed E-state index contributed by atoms with van der Waals surface area (Å²) in [6, 6.07) is 14.5. The van der Waals surface area contributed by atoms with Gasteiger partial charge in [-0.05, 0) is 23.3 Å². The number of hydrogen-bond donors (Lipinski definition) is 2. The van der Waals surface area contributed by atoms with Gasteiger partial charge in [-0.15, -0.1) is 0 Å². The quantitative estimate of drug-likeness (QED) is 0.636. The van der Waals surface area contributed by atoms with Gasteiger partial charge in [0.1, 0.15) is 5.82 Å². The standard InChI is InChI=1S/C19H20ClFN4O/c20-16-8-13(6-7-17(16)21)14-10-25(9-12-4-2-1-3-5-12)11-15(14)18(26)24-19(22)23/h1-8,14-15H,9-11H2,(H4,22,23,24,26)/t14-,15+/m1/s1. The van der Waals surface area contributed by atoms with Gasteiger partial charge in [-0.25, -0.2) is 4.39 Å². The lowest BCUT2D eigenvalue weighted by atomic mass is 9.88. The normalized spacial score (nSPS) is 20.1. The minimum Gasteiger partial charge on any atom is -0.370 e. The molecule has 3 rings (SSSR count). The van der Waals surface area contributed by atoms with E-state index in [0.29, 0.717) is 19.6 Å². The number of halogens is 2. The molecule has 2 atom stereocenters. The minimum absolute atomic E-state index is 0.0389. The average molecular weight is 375 g/mol. The van der Waals surface area contributed by atoms with Crippen molar-refractivity contribution in [1.29, 1.82) is 0 Å². The molecule has 0 saturated carbocycles. The molecule has 5 nitrogen and oxygen atoms in total. The maximum absolute atomic E-state index is 13.5. The second-order valence-electron chi connectivity index (χ2n) is 6.44. The van der Waals surface area contributed by atoms with Crippen LogP contribution in [0.4, 0.5) is 4.39 Å². The van der Waals surface area contributed by atoms with Crippen LogP contribution in [0.15, 0.2) is 53.5 Å². The Kier molecular flexibility index (Phi) is 5.54. The molecule has 0 radical (unpaired) electrons. The minimum atomic E-state index is -0.485.